The highest BCUT2D eigenvalue weighted by Gasteiger charge is 2.13. The van der Waals surface area contributed by atoms with Gasteiger partial charge in [-0.3, -0.25) is 9.59 Å². The monoisotopic (exact) mass is 270 g/mol. The number of nitrogens with one attached hydrogen (secondary N) is 2. The molecule has 98 valence electrons. The Morgan fingerprint density at radius 3 is 2.50 bits per heavy atom. The van der Waals surface area contributed by atoms with Crippen molar-refractivity contribution in [2.45, 2.75) is 19.2 Å². The smallest absolute Gasteiger partial charge is 0.242 e. The number of methoxy groups -OCH3 is 1. The molecular weight excluding hydrogens is 256 g/mol. The van der Waals surface area contributed by atoms with Crippen LogP contribution in [0.4, 0.5) is 11.4 Å². The lowest BCUT2D eigenvalue weighted by Gasteiger charge is -2.13. The molecule has 2 amide bonds. The van der Waals surface area contributed by atoms with Gasteiger partial charge in [0.1, 0.15) is 11.1 Å². The molecule has 0 aliphatic carbocycles. The van der Waals surface area contributed by atoms with Crippen molar-refractivity contribution in [2.75, 3.05) is 17.7 Å². The lowest BCUT2D eigenvalue weighted by Crippen LogP contribution is -2.20. The van der Waals surface area contributed by atoms with Crippen LogP contribution in [-0.4, -0.2) is 24.3 Å². The molecule has 0 aliphatic rings. The van der Waals surface area contributed by atoms with Crippen LogP contribution in [0.15, 0.2) is 18.2 Å². The predicted molar refractivity (Wildman–Crippen MR) is 71.2 cm³/mol. The highest BCUT2D eigenvalue weighted by molar-refractivity contribution is 6.32. The zero-order chi connectivity index (χ0) is 13.7. The molecular formula is C12H15ClN2O3. The minimum absolute atomic E-state index is 0.192. The molecule has 0 fully saturated rings. The van der Waals surface area contributed by atoms with Crippen molar-refractivity contribution in [3.05, 3.63) is 18.2 Å². The van der Waals surface area contributed by atoms with Crippen LogP contribution in [0, 0.1) is 0 Å². The largest absolute Gasteiger partial charge is 0.495 e. The van der Waals surface area contributed by atoms with Crippen molar-refractivity contribution in [2.24, 2.45) is 0 Å². The predicted octanol–water partition coefficient (Wildman–Crippen LogP) is 2.22. The molecule has 1 rings (SSSR count). The van der Waals surface area contributed by atoms with E-state index in [0.29, 0.717) is 17.1 Å². The Bertz CT molecular complexity index is 461. The molecule has 1 aromatic rings. The van der Waals surface area contributed by atoms with E-state index < -0.39 is 5.38 Å². The van der Waals surface area contributed by atoms with Crippen LogP contribution >= 0.6 is 11.6 Å². The molecule has 1 aromatic carbocycles. The number of hydrogen-bond donors (Lipinski definition) is 2. The SMILES string of the molecule is COc1ccc(NC(C)=O)cc1NC(=O)C(C)Cl. The van der Waals surface area contributed by atoms with E-state index in [1.165, 1.54) is 14.0 Å². The number of halogens is 1. The van der Waals surface area contributed by atoms with Crippen LogP contribution in [0.3, 0.4) is 0 Å². The third kappa shape index (κ3) is 3.92. The number of alkyl halides is 1. The number of carbonyl (C=O) groups is 2. The van der Waals surface area contributed by atoms with Crippen LogP contribution in [0.2, 0.25) is 0 Å². The lowest BCUT2D eigenvalue weighted by molar-refractivity contribution is -0.116. The highest BCUT2D eigenvalue weighted by atomic mass is 35.5. The van der Waals surface area contributed by atoms with Gasteiger partial charge < -0.3 is 15.4 Å². The summed E-state index contributed by atoms with van der Waals surface area (Å²) in [6.07, 6.45) is 0. The lowest BCUT2D eigenvalue weighted by atomic mass is 10.2. The van der Waals surface area contributed by atoms with Crippen molar-refractivity contribution >= 4 is 34.8 Å². The molecule has 2 N–H and O–H groups in total. The van der Waals surface area contributed by atoms with E-state index in [4.69, 9.17) is 16.3 Å². The summed E-state index contributed by atoms with van der Waals surface area (Å²) in [7, 11) is 1.49. The first kappa shape index (κ1) is 14.3. The summed E-state index contributed by atoms with van der Waals surface area (Å²) < 4.78 is 5.12. The van der Waals surface area contributed by atoms with Gasteiger partial charge in [-0.05, 0) is 25.1 Å². The van der Waals surface area contributed by atoms with Crippen molar-refractivity contribution in [3.63, 3.8) is 0 Å². The second-order valence-electron chi connectivity index (χ2n) is 3.70. The molecule has 0 aromatic heterocycles. The number of amides is 2. The van der Waals surface area contributed by atoms with Gasteiger partial charge in [-0.25, -0.2) is 0 Å². The second kappa shape index (κ2) is 6.26. The maximum Gasteiger partial charge on any atom is 0.242 e. The van der Waals surface area contributed by atoms with Gasteiger partial charge in [0.15, 0.2) is 0 Å². The van der Waals surface area contributed by atoms with Crippen LogP contribution in [-0.2, 0) is 9.59 Å². The summed E-state index contributed by atoms with van der Waals surface area (Å²) in [5.41, 5.74) is 1.03. The fourth-order valence-corrected chi connectivity index (χ4v) is 1.37. The van der Waals surface area contributed by atoms with E-state index in [1.807, 2.05) is 0 Å². The quantitative estimate of drug-likeness (QED) is 0.825. The van der Waals surface area contributed by atoms with E-state index in [0.717, 1.165) is 0 Å². The third-order valence-electron chi connectivity index (χ3n) is 2.14. The Labute approximate surface area is 110 Å². The average molecular weight is 271 g/mol. The maximum atomic E-state index is 11.5. The summed E-state index contributed by atoms with van der Waals surface area (Å²) in [6.45, 7) is 2.98. The minimum Gasteiger partial charge on any atom is -0.495 e. The minimum atomic E-state index is -0.654. The number of rotatable bonds is 4. The molecule has 18 heavy (non-hydrogen) atoms. The van der Waals surface area contributed by atoms with Crippen molar-refractivity contribution in [3.8, 4) is 5.75 Å². The number of anilines is 2. The van der Waals surface area contributed by atoms with Gasteiger partial charge in [-0.2, -0.15) is 0 Å². The number of hydrogen-bond acceptors (Lipinski definition) is 3. The van der Waals surface area contributed by atoms with Crippen molar-refractivity contribution in [1.82, 2.24) is 0 Å². The van der Waals surface area contributed by atoms with E-state index in [2.05, 4.69) is 10.6 Å². The Morgan fingerprint density at radius 2 is 2.00 bits per heavy atom. The maximum absolute atomic E-state index is 11.5. The normalized spacial score (nSPS) is 11.6. The third-order valence-corrected chi connectivity index (χ3v) is 2.34. The molecule has 0 heterocycles. The van der Waals surface area contributed by atoms with Crippen LogP contribution in [0.1, 0.15) is 13.8 Å². The molecule has 6 heteroatoms. The fraction of sp³-hybridized carbons (Fsp3) is 0.333. The Kier molecular flexibility index (Phi) is 4.97. The molecule has 1 unspecified atom stereocenters. The van der Waals surface area contributed by atoms with Gasteiger partial charge >= 0.3 is 0 Å². The Balaban J connectivity index is 2.98. The molecule has 0 bridgehead atoms. The highest BCUT2D eigenvalue weighted by Crippen LogP contribution is 2.28. The first-order valence-electron chi connectivity index (χ1n) is 5.34. The summed E-state index contributed by atoms with van der Waals surface area (Å²) in [5.74, 6) is -0.0344. The summed E-state index contributed by atoms with van der Waals surface area (Å²) in [5, 5.41) is 4.59. The van der Waals surface area contributed by atoms with Gasteiger partial charge in [0, 0.05) is 12.6 Å². The van der Waals surface area contributed by atoms with E-state index in [1.54, 1.807) is 25.1 Å². The molecule has 1 atom stereocenters. The van der Waals surface area contributed by atoms with E-state index >= 15 is 0 Å². The van der Waals surface area contributed by atoms with Crippen LogP contribution in [0.5, 0.6) is 5.75 Å². The molecule has 5 nitrogen and oxygen atoms in total. The fourth-order valence-electron chi connectivity index (χ4n) is 1.32. The van der Waals surface area contributed by atoms with E-state index in [9.17, 15) is 9.59 Å². The average Bonchev–Trinajstić information content (AvgIpc) is 2.28. The molecule has 0 aliphatic heterocycles. The Hall–Kier alpha value is -1.75. The standard InChI is InChI=1S/C12H15ClN2O3/c1-7(13)12(17)15-10-6-9(14-8(2)16)4-5-11(10)18-3/h4-7H,1-3H3,(H,14,16)(H,15,17). The van der Waals surface area contributed by atoms with Crippen LogP contribution < -0.4 is 15.4 Å². The topological polar surface area (TPSA) is 67.4 Å². The Morgan fingerprint density at radius 1 is 1.33 bits per heavy atom. The van der Waals surface area contributed by atoms with Crippen molar-refractivity contribution < 1.29 is 14.3 Å². The van der Waals surface area contributed by atoms with Gasteiger partial charge in [0.05, 0.1) is 12.8 Å². The molecule has 0 radical (unpaired) electrons. The number of ether oxygens (including phenoxy) is 1. The van der Waals surface area contributed by atoms with Gasteiger partial charge in [-0.1, -0.05) is 0 Å². The second-order valence-corrected chi connectivity index (χ2v) is 4.36. The summed E-state index contributed by atoms with van der Waals surface area (Å²) in [6, 6.07) is 4.94. The first-order chi connectivity index (χ1) is 8.43. The number of benzene rings is 1. The van der Waals surface area contributed by atoms with Crippen LogP contribution in [0.25, 0.3) is 0 Å². The van der Waals surface area contributed by atoms with E-state index in [-0.39, 0.29) is 11.8 Å². The van der Waals surface area contributed by atoms with Crippen molar-refractivity contribution in [1.29, 1.82) is 0 Å². The first-order valence-corrected chi connectivity index (χ1v) is 5.78. The molecule has 0 spiro atoms. The summed E-state index contributed by atoms with van der Waals surface area (Å²) >= 11 is 5.68. The molecule has 0 saturated heterocycles. The van der Waals surface area contributed by atoms with Gasteiger partial charge in [-0.15, -0.1) is 11.6 Å². The number of carbonyl (C=O) groups excluding carboxylic acids is 2. The zero-order valence-corrected chi connectivity index (χ0v) is 11.2. The summed E-state index contributed by atoms with van der Waals surface area (Å²) in [4.78, 5) is 22.5. The molecule has 0 saturated carbocycles. The zero-order valence-electron chi connectivity index (χ0n) is 10.4. The van der Waals surface area contributed by atoms with Gasteiger partial charge in [0.25, 0.3) is 0 Å². The van der Waals surface area contributed by atoms with Gasteiger partial charge in [0.2, 0.25) is 11.8 Å².